The Bertz CT molecular complexity index is 446. The molecule has 0 spiro atoms. The van der Waals surface area contributed by atoms with Gasteiger partial charge in [-0.3, -0.25) is 0 Å². The van der Waals surface area contributed by atoms with Crippen molar-refractivity contribution in [3.63, 3.8) is 0 Å². The smallest absolute Gasteiger partial charge is 0.148 e. The molecule has 1 saturated heterocycles. The summed E-state index contributed by atoms with van der Waals surface area (Å²) in [6, 6.07) is 3.28. The average molecular weight is 372 g/mol. The maximum absolute atomic E-state index is 14.1. The molecule has 6 heteroatoms. The fourth-order valence-corrected chi connectivity index (χ4v) is 5.24. The summed E-state index contributed by atoms with van der Waals surface area (Å²) in [7, 11) is 0. The molecule has 2 rings (SSSR count). The number of hydrogen-bond acceptors (Lipinski definition) is 3. The zero-order chi connectivity index (χ0) is 13.3. The van der Waals surface area contributed by atoms with Crippen LogP contribution in [0.3, 0.4) is 0 Å². The summed E-state index contributed by atoms with van der Waals surface area (Å²) in [5.41, 5.74) is 0.287. The minimum Gasteiger partial charge on any atom is -0.387 e. The second-order valence-corrected chi connectivity index (χ2v) is 8.12. The molecule has 1 N–H and O–H groups in total. The predicted molar refractivity (Wildman–Crippen MR) is 82.2 cm³/mol. The van der Waals surface area contributed by atoms with Crippen molar-refractivity contribution in [3.8, 4) is 0 Å². The molecule has 1 aliphatic heterocycles. The zero-order valence-corrected chi connectivity index (χ0v) is 13.7. The minimum absolute atomic E-state index is 0.00971. The Morgan fingerprint density at radius 3 is 2.78 bits per heavy atom. The van der Waals surface area contributed by atoms with E-state index in [2.05, 4.69) is 22.9 Å². The number of aliphatic hydroxyl groups excluding tert-OH is 1. The average Bonchev–Trinajstić information content (AvgIpc) is 2.36. The van der Waals surface area contributed by atoms with Gasteiger partial charge in [0, 0.05) is 32.0 Å². The van der Waals surface area contributed by atoms with Crippen LogP contribution in [-0.4, -0.2) is 27.1 Å². The van der Waals surface area contributed by atoms with Gasteiger partial charge in [0.25, 0.3) is 0 Å². The van der Waals surface area contributed by atoms with Gasteiger partial charge in [0.2, 0.25) is 0 Å². The summed E-state index contributed by atoms with van der Waals surface area (Å²) in [5.74, 6) is 1.54. The van der Waals surface area contributed by atoms with Gasteiger partial charge in [0.15, 0.2) is 0 Å². The van der Waals surface area contributed by atoms with E-state index in [9.17, 15) is 9.50 Å². The van der Waals surface area contributed by atoms with E-state index in [-0.39, 0.29) is 15.8 Å². The standard InChI is InChI=1S/C12H13BrClFOS2/c1-6-12(18-5-4-17-6)11(16)7-2-3-8(13)9(14)10(7)15/h2-3,6,11-12,16H,4-5H2,1H3. The molecule has 1 aromatic rings. The highest BCUT2D eigenvalue weighted by Gasteiger charge is 2.32. The predicted octanol–water partition coefficient (Wildman–Crippen LogP) is 4.51. The molecule has 1 aliphatic rings. The van der Waals surface area contributed by atoms with Crippen molar-refractivity contribution < 1.29 is 9.50 Å². The van der Waals surface area contributed by atoms with Crippen LogP contribution in [0.1, 0.15) is 18.6 Å². The Kier molecular flexibility index (Phi) is 5.29. The summed E-state index contributed by atoms with van der Waals surface area (Å²) in [6.45, 7) is 2.07. The van der Waals surface area contributed by atoms with E-state index in [1.165, 1.54) is 0 Å². The third kappa shape index (κ3) is 3.01. The first-order valence-corrected chi connectivity index (χ1v) is 8.84. The molecule has 1 nitrogen and oxygen atoms in total. The Balaban J connectivity index is 2.28. The lowest BCUT2D eigenvalue weighted by atomic mass is 10.0. The molecule has 1 aromatic carbocycles. The fraction of sp³-hybridized carbons (Fsp3) is 0.500. The van der Waals surface area contributed by atoms with E-state index < -0.39 is 11.9 Å². The van der Waals surface area contributed by atoms with Gasteiger partial charge >= 0.3 is 0 Å². The number of hydrogen-bond donors (Lipinski definition) is 1. The Morgan fingerprint density at radius 1 is 1.44 bits per heavy atom. The molecule has 0 aliphatic carbocycles. The number of rotatable bonds is 2. The SMILES string of the molecule is CC1SCCSC1C(O)c1ccc(Br)c(Cl)c1F. The van der Waals surface area contributed by atoms with E-state index >= 15 is 0 Å². The fourth-order valence-electron chi connectivity index (χ4n) is 1.94. The molecule has 1 fully saturated rings. The van der Waals surface area contributed by atoms with Crippen LogP contribution in [0.15, 0.2) is 16.6 Å². The zero-order valence-electron chi connectivity index (χ0n) is 9.70. The van der Waals surface area contributed by atoms with E-state index in [1.54, 1.807) is 23.9 Å². The number of thioether (sulfide) groups is 2. The van der Waals surface area contributed by atoms with Gasteiger partial charge in [0.05, 0.1) is 11.1 Å². The molecule has 1 heterocycles. The summed E-state index contributed by atoms with van der Waals surface area (Å²) in [4.78, 5) is 0. The Morgan fingerprint density at radius 2 is 2.11 bits per heavy atom. The van der Waals surface area contributed by atoms with Gasteiger partial charge in [-0.05, 0) is 22.0 Å². The molecule has 18 heavy (non-hydrogen) atoms. The van der Waals surface area contributed by atoms with Crippen molar-refractivity contribution in [3.05, 3.63) is 33.0 Å². The molecular weight excluding hydrogens is 359 g/mol. The van der Waals surface area contributed by atoms with Crippen LogP contribution in [-0.2, 0) is 0 Å². The van der Waals surface area contributed by atoms with Crippen LogP contribution >= 0.6 is 51.1 Å². The summed E-state index contributed by atoms with van der Waals surface area (Å²) in [6.07, 6.45) is -0.816. The van der Waals surface area contributed by atoms with Crippen LogP contribution in [0.5, 0.6) is 0 Å². The number of aliphatic hydroxyl groups is 1. The lowest BCUT2D eigenvalue weighted by Gasteiger charge is -2.32. The van der Waals surface area contributed by atoms with E-state index in [4.69, 9.17) is 11.6 Å². The van der Waals surface area contributed by atoms with Crippen LogP contribution in [0, 0.1) is 5.82 Å². The third-order valence-corrected chi connectivity index (χ3v) is 7.37. The largest absolute Gasteiger partial charge is 0.387 e. The van der Waals surface area contributed by atoms with Crippen molar-refractivity contribution in [1.29, 1.82) is 0 Å². The quantitative estimate of drug-likeness (QED) is 0.772. The summed E-state index contributed by atoms with van der Waals surface area (Å²) >= 11 is 12.5. The van der Waals surface area contributed by atoms with Crippen molar-refractivity contribution in [2.75, 3.05) is 11.5 Å². The van der Waals surface area contributed by atoms with Crippen molar-refractivity contribution in [2.24, 2.45) is 0 Å². The monoisotopic (exact) mass is 370 g/mol. The van der Waals surface area contributed by atoms with E-state index in [0.29, 0.717) is 9.72 Å². The van der Waals surface area contributed by atoms with Gasteiger partial charge in [-0.25, -0.2) is 4.39 Å². The Hall–Kier alpha value is 0.580. The molecule has 0 saturated carbocycles. The van der Waals surface area contributed by atoms with Gasteiger partial charge in [0.1, 0.15) is 5.82 Å². The normalized spacial score (nSPS) is 26.1. The second-order valence-electron chi connectivity index (χ2n) is 4.12. The van der Waals surface area contributed by atoms with E-state index in [1.807, 2.05) is 11.8 Å². The molecular formula is C12H13BrClFOS2. The van der Waals surface area contributed by atoms with Crippen molar-refractivity contribution >= 4 is 51.1 Å². The van der Waals surface area contributed by atoms with Gasteiger partial charge in [-0.1, -0.05) is 24.6 Å². The maximum atomic E-state index is 14.1. The third-order valence-electron chi connectivity index (χ3n) is 2.93. The molecule has 0 amide bonds. The number of halogens is 3. The topological polar surface area (TPSA) is 20.2 Å². The van der Waals surface area contributed by atoms with Crippen molar-refractivity contribution in [2.45, 2.75) is 23.5 Å². The highest BCUT2D eigenvalue weighted by Crippen LogP contribution is 2.40. The highest BCUT2D eigenvalue weighted by atomic mass is 79.9. The minimum atomic E-state index is -0.816. The second kappa shape index (κ2) is 6.35. The van der Waals surface area contributed by atoms with Gasteiger partial charge in [-0.15, -0.1) is 0 Å². The molecule has 3 unspecified atom stereocenters. The first-order valence-electron chi connectivity index (χ1n) is 5.57. The lowest BCUT2D eigenvalue weighted by Crippen LogP contribution is -2.29. The lowest BCUT2D eigenvalue weighted by molar-refractivity contribution is 0.169. The highest BCUT2D eigenvalue weighted by molar-refractivity contribution is 9.10. The van der Waals surface area contributed by atoms with Crippen LogP contribution in [0.25, 0.3) is 0 Å². The van der Waals surface area contributed by atoms with Crippen LogP contribution in [0.2, 0.25) is 5.02 Å². The number of benzene rings is 1. The first-order chi connectivity index (χ1) is 8.52. The van der Waals surface area contributed by atoms with Crippen molar-refractivity contribution in [1.82, 2.24) is 0 Å². The Labute approximate surface area is 128 Å². The molecule has 0 bridgehead atoms. The van der Waals surface area contributed by atoms with Gasteiger partial charge in [-0.2, -0.15) is 23.5 Å². The first kappa shape index (κ1) is 15.0. The summed E-state index contributed by atoms with van der Waals surface area (Å²) in [5, 5.41) is 10.7. The molecule has 0 aromatic heterocycles. The van der Waals surface area contributed by atoms with Crippen LogP contribution < -0.4 is 0 Å². The summed E-state index contributed by atoms with van der Waals surface area (Å²) < 4.78 is 14.6. The van der Waals surface area contributed by atoms with Gasteiger partial charge < -0.3 is 5.11 Å². The maximum Gasteiger partial charge on any atom is 0.148 e. The molecule has 3 atom stereocenters. The molecule has 100 valence electrons. The van der Waals surface area contributed by atoms with Crippen LogP contribution in [0.4, 0.5) is 4.39 Å². The molecule has 0 radical (unpaired) electrons. The van der Waals surface area contributed by atoms with E-state index in [0.717, 1.165) is 11.5 Å².